The number of ether oxygens (including phenoxy) is 1. The van der Waals surface area contributed by atoms with Crippen molar-refractivity contribution in [2.24, 2.45) is 5.92 Å². The summed E-state index contributed by atoms with van der Waals surface area (Å²) in [7, 11) is 0. The number of aromatic nitrogens is 1. The number of nitrogens with one attached hydrogen (secondary N) is 1. The Labute approximate surface area is 104 Å². The van der Waals surface area contributed by atoms with Crippen LogP contribution < -0.4 is 5.48 Å². The molecule has 0 aromatic carbocycles. The largest absolute Gasteiger partial charge is 0.381 e. The lowest BCUT2D eigenvalue weighted by Gasteiger charge is -2.09. The molecule has 0 aliphatic carbocycles. The first-order chi connectivity index (χ1) is 8.66. The summed E-state index contributed by atoms with van der Waals surface area (Å²) in [6, 6.07) is 1.59. The summed E-state index contributed by atoms with van der Waals surface area (Å²) in [5, 5.41) is 10.6. The highest BCUT2D eigenvalue weighted by Crippen LogP contribution is 2.19. The van der Waals surface area contributed by atoms with E-state index in [-0.39, 0.29) is 5.69 Å². The van der Waals surface area contributed by atoms with Crippen LogP contribution in [0.4, 0.5) is 11.5 Å². The van der Waals surface area contributed by atoms with E-state index in [4.69, 9.17) is 9.57 Å². The van der Waals surface area contributed by atoms with Gasteiger partial charge < -0.3 is 4.74 Å². The Morgan fingerprint density at radius 2 is 2.56 bits per heavy atom. The number of pyridine rings is 1. The third-order valence-electron chi connectivity index (χ3n) is 2.80. The van der Waals surface area contributed by atoms with Crippen LogP contribution in [0.25, 0.3) is 0 Å². The normalized spacial score (nSPS) is 18.8. The van der Waals surface area contributed by atoms with Crippen LogP contribution in [0.3, 0.4) is 0 Å². The van der Waals surface area contributed by atoms with E-state index in [1.54, 1.807) is 13.0 Å². The van der Waals surface area contributed by atoms with Crippen molar-refractivity contribution in [2.75, 3.05) is 25.3 Å². The molecule has 2 heterocycles. The molecule has 1 fully saturated rings. The summed E-state index contributed by atoms with van der Waals surface area (Å²) in [5.41, 5.74) is 3.24. The van der Waals surface area contributed by atoms with Crippen LogP contribution >= 0.6 is 0 Å². The number of hydrogen-bond donors (Lipinski definition) is 1. The molecule has 98 valence electrons. The number of aryl methyl sites for hydroxylation is 1. The Bertz CT molecular complexity index is 432. The lowest BCUT2D eigenvalue weighted by molar-refractivity contribution is -0.385. The zero-order valence-electron chi connectivity index (χ0n) is 10.1. The van der Waals surface area contributed by atoms with E-state index in [0.717, 1.165) is 13.0 Å². The average Bonchev–Trinajstić information content (AvgIpc) is 2.81. The van der Waals surface area contributed by atoms with Crippen molar-refractivity contribution in [1.82, 2.24) is 4.98 Å². The second-order valence-corrected chi connectivity index (χ2v) is 4.26. The highest BCUT2D eigenvalue weighted by Gasteiger charge is 2.16. The molecule has 1 unspecified atom stereocenters. The van der Waals surface area contributed by atoms with Gasteiger partial charge in [-0.15, -0.1) is 0 Å². The molecule has 1 aliphatic heterocycles. The van der Waals surface area contributed by atoms with Crippen LogP contribution in [-0.2, 0) is 9.57 Å². The van der Waals surface area contributed by atoms with Gasteiger partial charge in [0.05, 0.1) is 18.1 Å². The van der Waals surface area contributed by atoms with E-state index in [1.165, 1.54) is 6.20 Å². The first-order valence-electron chi connectivity index (χ1n) is 5.73. The molecule has 2 rings (SSSR count). The maximum atomic E-state index is 10.6. The van der Waals surface area contributed by atoms with Gasteiger partial charge in [-0.05, 0) is 19.4 Å². The van der Waals surface area contributed by atoms with Gasteiger partial charge in [-0.1, -0.05) is 0 Å². The predicted molar refractivity (Wildman–Crippen MR) is 64.1 cm³/mol. The van der Waals surface area contributed by atoms with Crippen LogP contribution in [0.5, 0.6) is 0 Å². The minimum absolute atomic E-state index is 0.00439. The Morgan fingerprint density at radius 1 is 1.72 bits per heavy atom. The first kappa shape index (κ1) is 12.7. The van der Waals surface area contributed by atoms with Crippen molar-refractivity contribution in [1.29, 1.82) is 0 Å². The number of hydrogen-bond acceptors (Lipinski definition) is 6. The van der Waals surface area contributed by atoms with Gasteiger partial charge >= 0.3 is 0 Å². The third kappa shape index (κ3) is 3.14. The molecule has 0 radical (unpaired) electrons. The Hall–Kier alpha value is -1.73. The van der Waals surface area contributed by atoms with Gasteiger partial charge in [0.2, 0.25) is 0 Å². The van der Waals surface area contributed by atoms with Crippen LogP contribution in [0.1, 0.15) is 12.0 Å². The van der Waals surface area contributed by atoms with E-state index in [9.17, 15) is 10.1 Å². The Balaban J connectivity index is 1.85. The van der Waals surface area contributed by atoms with Gasteiger partial charge in [0.15, 0.2) is 0 Å². The van der Waals surface area contributed by atoms with E-state index < -0.39 is 4.92 Å². The molecule has 0 amide bonds. The molecule has 18 heavy (non-hydrogen) atoms. The molecule has 0 spiro atoms. The van der Waals surface area contributed by atoms with E-state index in [0.29, 0.717) is 30.5 Å². The molecular formula is C11H15N3O4. The summed E-state index contributed by atoms with van der Waals surface area (Å²) in [6.45, 7) is 3.70. The second kappa shape index (κ2) is 5.74. The maximum absolute atomic E-state index is 10.6. The molecule has 1 aromatic rings. The van der Waals surface area contributed by atoms with E-state index in [2.05, 4.69) is 10.5 Å². The molecule has 1 N–H and O–H groups in total. The standard InChI is InChI=1S/C11H15N3O4/c1-8-4-11(12-5-10(8)14(15)16)13-18-7-9-2-3-17-6-9/h4-5,9H,2-3,6-7H2,1H3,(H,12,13). The van der Waals surface area contributed by atoms with Crippen molar-refractivity contribution in [3.8, 4) is 0 Å². The number of nitro groups is 1. The number of rotatable bonds is 5. The van der Waals surface area contributed by atoms with Crippen LogP contribution in [0.2, 0.25) is 0 Å². The highest BCUT2D eigenvalue weighted by atomic mass is 16.6. The molecule has 1 aromatic heterocycles. The number of anilines is 1. The van der Waals surface area contributed by atoms with E-state index in [1.807, 2.05) is 0 Å². The van der Waals surface area contributed by atoms with Crippen molar-refractivity contribution in [3.63, 3.8) is 0 Å². The van der Waals surface area contributed by atoms with Gasteiger partial charge in [0.1, 0.15) is 12.0 Å². The van der Waals surface area contributed by atoms with Gasteiger partial charge in [-0.2, -0.15) is 0 Å². The molecule has 1 aliphatic rings. The van der Waals surface area contributed by atoms with Gasteiger partial charge in [0, 0.05) is 18.1 Å². The number of nitrogens with zero attached hydrogens (tertiary/aromatic N) is 2. The van der Waals surface area contributed by atoms with Crippen LogP contribution in [0.15, 0.2) is 12.3 Å². The van der Waals surface area contributed by atoms with Crippen molar-refractivity contribution < 1.29 is 14.5 Å². The zero-order valence-corrected chi connectivity index (χ0v) is 10.1. The second-order valence-electron chi connectivity index (χ2n) is 4.26. The molecule has 7 nitrogen and oxygen atoms in total. The summed E-state index contributed by atoms with van der Waals surface area (Å²) >= 11 is 0. The summed E-state index contributed by atoms with van der Waals surface area (Å²) in [6.07, 6.45) is 2.22. The first-order valence-corrected chi connectivity index (χ1v) is 5.73. The summed E-state index contributed by atoms with van der Waals surface area (Å²) < 4.78 is 5.22. The zero-order chi connectivity index (χ0) is 13.0. The maximum Gasteiger partial charge on any atom is 0.290 e. The minimum Gasteiger partial charge on any atom is -0.381 e. The van der Waals surface area contributed by atoms with Gasteiger partial charge in [-0.25, -0.2) is 10.5 Å². The van der Waals surface area contributed by atoms with Crippen molar-refractivity contribution in [2.45, 2.75) is 13.3 Å². The average molecular weight is 253 g/mol. The fourth-order valence-electron chi connectivity index (χ4n) is 1.74. The predicted octanol–water partition coefficient (Wildman–Crippen LogP) is 1.68. The third-order valence-corrected chi connectivity index (χ3v) is 2.80. The molecule has 7 heteroatoms. The Kier molecular flexibility index (Phi) is 4.06. The molecule has 1 atom stereocenters. The topological polar surface area (TPSA) is 86.5 Å². The van der Waals surface area contributed by atoms with Crippen molar-refractivity contribution >= 4 is 11.5 Å². The lowest BCUT2D eigenvalue weighted by atomic mass is 10.1. The van der Waals surface area contributed by atoms with E-state index >= 15 is 0 Å². The van der Waals surface area contributed by atoms with Crippen molar-refractivity contribution in [3.05, 3.63) is 27.9 Å². The fourth-order valence-corrected chi connectivity index (χ4v) is 1.74. The quantitative estimate of drug-likeness (QED) is 0.634. The highest BCUT2D eigenvalue weighted by molar-refractivity contribution is 5.45. The summed E-state index contributed by atoms with van der Waals surface area (Å²) in [4.78, 5) is 19.4. The smallest absolute Gasteiger partial charge is 0.290 e. The monoisotopic (exact) mass is 253 g/mol. The SMILES string of the molecule is Cc1cc(NOCC2CCOC2)ncc1[N+](=O)[O-]. The van der Waals surface area contributed by atoms with Crippen LogP contribution in [0, 0.1) is 23.0 Å². The minimum atomic E-state index is -0.456. The lowest BCUT2D eigenvalue weighted by Crippen LogP contribution is -2.13. The van der Waals surface area contributed by atoms with Gasteiger partial charge in [0.25, 0.3) is 5.69 Å². The molecule has 1 saturated heterocycles. The Morgan fingerprint density at radius 3 is 3.17 bits per heavy atom. The van der Waals surface area contributed by atoms with Crippen LogP contribution in [-0.4, -0.2) is 29.7 Å². The fraction of sp³-hybridized carbons (Fsp3) is 0.545. The van der Waals surface area contributed by atoms with Gasteiger partial charge in [-0.3, -0.25) is 15.0 Å². The summed E-state index contributed by atoms with van der Waals surface area (Å²) in [5.74, 6) is 0.869. The molecular weight excluding hydrogens is 238 g/mol. The molecule has 0 bridgehead atoms. The molecule has 0 saturated carbocycles.